The van der Waals surface area contributed by atoms with Gasteiger partial charge >= 0.3 is 0 Å². The molecule has 0 bridgehead atoms. The first kappa shape index (κ1) is 15.6. The Hall–Kier alpha value is -2.96. The van der Waals surface area contributed by atoms with E-state index in [1.165, 1.54) is 0 Å². The molecule has 0 saturated heterocycles. The lowest BCUT2D eigenvalue weighted by atomic mass is 9.99. The quantitative estimate of drug-likeness (QED) is 0.768. The molecule has 2 aromatic heterocycles. The Balaban J connectivity index is 1.70. The highest BCUT2D eigenvalue weighted by Crippen LogP contribution is 2.27. The van der Waals surface area contributed by atoms with E-state index < -0.39 is 17.4 Å². The number of hydrogen-bond acceptors (Lipinski definition) is 4. The van der Waals surface area contributed by atoms with Crippen LogP contribution in [0.25, 0.3) is 11.0 Å². The van der Waals surface area contributed by atoms with Crippen LogP contribution in [-0.4, -0.2) is 39.9 Å². The molecule has 1 aromatic carbocycles. The number of aromatic hydroxyl groups is 1. The fourth-order valence-corrected chi connectivity index (χ4v) is 3.11. The lowest BCUT2D eigenvalue weighted by Gasteiger charge is -2.10. The summed E-state index contributed by atoms with van der Waals surface area (Å²) in [5.41, 5.74) is 2.72. The van der Waals surface area contributed by atoms with Gasteiger partial charge in [-0.15, -0.1) is 0 Å². The summed E-state index contributed by atoms with van der Waals surface area (Å²) in [5, 5.41) is 16.2. The number of pyridine rings is 1. The molecule has 5 nitrogen and oxygen atoms in total. The molecule has 0 radical (unpaired) electrons. The van der Waals surface area contributed by atoms with Crippen LogP contribution in [0.4, 0.5) is 8.78 Å². The van der Waals surface area contributed by atoms with Gasteiger partial charge in [0, 0.05) is 56.0 Å². The van der Waals surface area contributed by atoms with Crippen LogP contribution in [0.2, 0.25) is 0 Å². The predicted molar refractivity (Wildman–Crippen MR) is 90.8 cm³/mol. The van der Waals surface area contributed by atoms with Crippen molar-refractivity contribution in [3.05, 3.63) is 58.9 Å². The Bertz CT molecular complexity index is 983. The van der Waals surface area contributed by atoms with E-state index in [2.05, 4.69) is 15.1 Å². The van der Waals surface area contributed by atoms with E-state index in [4.69, 9.17) is 0 Å². The first-order valence-electron chi connectivity index (χ1n) is 7.89. The summed E-state index contributed by atoms with van der Waals surface area (Å²) in [6.07, 6.45) is 5.64. The number of aromatic amines is 1. The van der Waals surface area contributed by atoms with E-state index >= 15 is 0 Å². The second kappa shape index (κ2) is 5.84. The molecule has 1 atom stereocenters. The summed E-state index contributed by atoms with van der Waals surface area (Å²) in [6, 6.07) is 3.84. The molecule has 0 amide bonds. The third kappa shape index (κ3) is 2.82. The number of phenolic OH excluding ortho intramolecular Hbond substituents is 1. The largest absolute Gasteiger partial charge is 0.505 e. The second-order valence-corrected chi connectivity index (χ2v) is 6.26. The van der Waals surface area contributed by atoms with Crippen molar-refractivity contribution in [1.82, 2.24) is 15.0 Å². The van der Waals surface area contributed by atoms with Crippen LogP contribution in [0.3, 0.4) is 0 Å². The molecule has 2 N–H and O–H groups in total. The zero-order valence-electron chi connectivity index (χ0n) is 13.5. The molecule has 128 valence electrons. The number of nitrogens with one attached hydrogen (secondary N) is 1. The monoisotopic (exact) mass is 342 g/mol. The maximum absolute atomic E-state index is 14.0. The van der Waals surface area contributed by atoms with Gasteiger partial charge in [-0.1, -0.05) is 0 Å². The van der Waals surface area contributed by atoms with E-state index in [-0.39, 0.29) is 17.9 Å². The highest BCUT2D eigenvalue weighted by Gasteiger charge is 2.19. The average molecular weight is 342 g/mol. The van der Waals surface area contributed by atoms with Gasteiger partial charge < -0.3 is 10.1 Å². The van der Waals surface area contributed by atoms with E-state index in [1.807, 2.05) is 24.3 Å². The van der Waals surface area contributed by atoms with Gasteiger partial charge in [0.25, 0.3) is 0 Å². The number of hydrazone groups is 1. The lowest BCUT2D eigenvalue weighted by Crippen LogP contribution is -2.12. The summed E-state index contributed by atoms with van der Waals surface area (Å²) in [6.45, 7) is 0.782. The number of rotatable bonds is 3. The summed E-state index contributed by atoms with van der Waals surface area (Å²) in [7, 11) is 1.91. The van der Waals surface area contributed by atoms with Crippen LogP contribution < -0.4 is 0 Å². The fraction of sp³-hybridized carbons (Fsp3) is 0.222. The Kier molecular flexibility index (Phi) is 3.63. The lowest BCUT2D eigenvalue weighted by molar-refractivity contribution is 0.381. The predicted octanol–water partition coefficient (Wildman–Crippen LogP) is 3.15. The molecule has 4 rings (SSSR count). The van der Waals surface area contributed by atoms with Crippen molar-refractivity contribution in [2.75, 3.05) is 13.6 Å². The smallest absolute Gasteiger partial charge is 0.165 e. The molecule has 0 spiro atoms. The van der Waals surface area contributed by atoms with Crippen molar-refractivity contribution in [2.24, 2.45) is 5.10 Å². The molecule has 1 aliphatic rings. The van der Waals surface area contributed by atoms with Crippen LogP contribution in [0.1, 0.15) is 22.6 Å². The van der Waals surface area contributed by atoms with Gasteiger partial charge in [0.1, 0.15) is 11.5 Å². The zero-order chi connectivity index (χ0) is 17.6. The number of likely N-dealkylation sites (N-methyl/N-ethyl adjacent to an activating group) is 1. The van der Waals surface area contributed by atoms with Gasteiger partial charge in [-0.25, -0.2) is 13.8 Å². The number of nitrogens with zero attached hydrogens (tertiary/aromatic N) is 3. The molecule has 7 heteroatoms. The van der Waals surface area contributed by atoms with E-state index in [9.17, 15) is 13.9 Å². The van der Waals surface area contributed by atoms with Gasteiger partial charge in [0.05, 0.1) is 0 Å². The van der Waals surface area contributed by atoms with Crippen LogP contribution in [0.15, 0.2) is 35.7 Å². The molecule has 1 unspecified atom stereocenters. The zero-order valence-corrected chi connectivity index (χ0v) is 13.5. The van der Waals surface area contributed by atoms with Crippen LogP contribution >= 0.6 is 0 Å². The standard InChI is InChI=1S/C18H16F2N4O/c1-24-9-13(8-23-24)11-3-14-12(7-22-18(14)21-6-11)2-10-4-16(20)17(25)5-15(10)19/h3-8,13,25H,2,9H2,1H3,(H,21,22). The third-order valence-corrected chi connectivity index (χ3v) is 4.47. The van der Waals surface area contributed by atoms with E-state index in [1.54, 1.807) is 12.4 Å². The number of benzene rings is 1. The molecule has 25 heavy (non-hydrogen) atoms. The Morgan fingerprint density at radius 1 is 1.24 bits per heavy atom. The summed E-state index contributed by atoms with van der Waals surface area (Å²) in [5.74, 6) is -2.00. The molecular formula is C18H16F2N4O. The topological polar surface area (TPSA) is 64.5 Å². The minimum absolute atomic E-state index is 0.160. The number of fused-ring (bicyclic) bond motifs is 1. The summed E-state index contributed by atoms with van der Waals surface area (Å²) >= 11 is 0. The van der Waals surface area contributed by atoms with Crippen molar-refractivity contribution >= 4 is 17.2 Å². The highest BCUT2D eigenvalue weighted by atomic mass is 19.1. The Labute approximate surface area is 142 Å². The van der Waals surface area contributed by atoms with Crippen molar-refractivity contribution in [1.29, 1.82) is 0 Å². The molecule has 3 heterocycles. The van der Waals surface area contributed by atoms with Crippen LogP contribution in [-0.2, 0) is 6.42 Å². The van der Waals surface area contributed by atoms with Crippen molar-refractivity contribution < 1.29 is 13.9 Å². The summed E-state index contributed by atoms with van der Waals surface area (Å²) < 4.78 is 27.6. The first-order valence-corrected chi connectivity index (χ1v) is 7.89. The molecule has 0 saturated carbocycles. The average Bonchev–Trinajstić information content (AvgIpc) is 3.19. The van der Waals surface area contributed by atoms with Gasteiger partial charge in [0.2, 0.25) is 0 Å². The molecule has 0 aliphatic carbocycles. The van der Waals surface area contributed by atoms with E-state index in [0.29, 0.717) is 5.65 Å². The second-order valence-electron chi connectivity index (χ2n) is 6.26. The normalized spacial score (nSPS) is 16.9. The molecule has 0 fully saturated rings. The number of halogens is 2. The van der Waals surface area contributed by atoms with Gasteiger partial charge in [-0.2, -0.15) is 5.10 Å². The Morgan fingerprint density at radius 2 is 2.08 bits per heavy atom. The molecule has 1 aliphatic heterocycles. The third-order valence-electron chi connectivity index (χ3n) is 4.47. The highest BCUT2D eigenvalue weighted by molar-refractivity contribution is 5.82. The van der Waals surface area contributed by atoms with Crippen LogP contribution in [0.5, 0.6) is 5.75 Å². The van der Waals surface area contributed by atoms with Gasteiger partial charge in [0.15, 0.2) is 11.6 Å². The number of aromatic nitrogens is 2. The van der Waals surface area contributed by atoms with E-state index in [0.717, 1.165) is 35.2 Å². The maximum Gasteiger partial charge on any atom is 0.165 e. The van der Waals surface area contributed by atoms with Crippen molar-refractivity contribution in [3.63, 3.8) is 0 Å². The molecule has 3 aromatic rings. The SMILES string of the molecule is CN1CC(c2cnc3[nH]cc(Cc4cc(F)c(O)cc4F)c3c2)C=N1. The van der Waals surface area contributed by atoms with Crippen molar-refractivity contribution in [2.45, 2.75) is 12.3 Å². The van der Waals surface area contributed by atoms with Gasteiger partial charge in [-0.05, 0) is 28.8 Å². The summed E-state index contributed by atoms with van der Waals surface area (Å²) in [4.78, 5) is 7.48. The fourth-order valence-electron chi connectivity index (χ4n) is 3.11. The maximum atomic E-state index is 14.0. The first-order chi connectivity index (χ1) is 12.0. The van der Waals surface area contributed by atoms with Gasteiger partial charge in [-0.3, -0.25) is 5.01 Å². The Morgan fingerprint density at radius 3 is 2.84 bits per heavy atom. The molecular weight excluding hydrogens is 326 g/mol. The van der Waals surface area contributed by atoms with Crippen molar-refractivity contribution in [3.8, 4) is 5.75 Å². The number of hydrogen-bond donors (Lipinski definition) is 2. The minimum Gasteiger partial charge on any atom is -0.505 e. The number of H-pyrrole nitrogens is 1. The minimum atomic E-state index is -0.833. The van der Waals surface area contributed by atoms with Crippen LogP contribution in [0, 0.1) is 11.6 Å². The number of phenols is 1.